The highest BCUT2D eigenvalue weighted by molar-refractivity contribution is 5.76. The minimum absolute atomic E-state index is 0.128. The van der Waals surface area contributed by atoms with Crippen molar-refractivity contribution >= 4 is 17.8 Å². The number of aromatic hydroxyl groups is 1. The van der Waals surface area contributed by atoms with Gasteiger partial charge >= 0.3 is 11.9 Å². The number of aliphatic hydroxyl groups is 3. The van der Waals surface area contributed by atoms with E-state index < -0.39 is 48.7 Å². The highest BCUT2D eigenvalue weighted by Crippen LogP contribution is 2.23. The van der Waals surface area contributed by atoms with Crippen LogP contribution in [0.25, 0.3) is 0 Å². The molecule has 370 valence electrons. The van der Waals surface area contributed by atoms with E-state index in [0.717, 1.165) is 108 Å². The number of aliphatic hydroxyl groups excluding tert-OH is 3. The molecule has 0 aromatic heterocycles. The molecule has 1 aromatic carbocycles. The van der Waals surface area contributed by atoms with Gasteiger partial charge in [0.25, 0.3) is 0 Å². The van der Waals surface area contributed by atoms with Crippen LogP contribution in [0.2, 0.25) is 0 Å². The van der Waals surface area contributed by atoms with Crippen molar-refractivity contribution in [1.29, 1.82) is 0 Å². The molecule has 2 rings (SSSR count). The molecule has 1 aliphatic rings. The van der Waals surface area contributed by atoms with Gasteiger partial charge in [0.15, 0.2) is 12.4 Å². The van der Waals surface area contributed by atoms with E-state index in [1.54, 1.807) is 12.1 Å². The Bertz CT molecular complexity index is 1600. The molecule has 1 amide bonds. The molecular formula is C54H83NO11. The fourth-order valence-electron chi connectivity index (χ4n) is 7.04. The van der Waals surface area contributed by atoms with Gasteiger partial charge in [-0.25, -0.2) is 0 Å². The van der Waals surface area contributed by atoms with Gasteiger partial charge in [0, 0.05) is 25.8 Å². The fourth-order valence-corrected chi connectivity index (χ4v) is 7.04. The van der Waals surface area contributed by atoms with E-state index in [9.17, 15) is 34.8 Å². The molecule has 0 unspecified atom stereocenters. The number of amides is 1. The monoisotopic (exact) mass is 922 g/mol. The second-order valence-electron chi connectivity index (χ2n) is 16.8. The number of carbonyl (C=O) groups is 3. The molecule has 1 saturated heterocycles. The number of phenols is 1. The molecule has 66 heavy (non-hydrogen) atoms. The van der Waals surface area contributed by atoms with E-state index in [4.69, 9.17) is 18.9 Å². The van der Waals surface area contributed by atoms with Gasteiger partial charge in [0.1, 0.15) is 36.8 Å². The molecule has 5 N–H and O–H groups in total. The quantitative estimate of drug-likeness (QED) is 0.0244. The summed E-state index contributed by atoms with van der Waals surface area (Å²) in [5.41, 5.74) is 0.856. The number of phenolic OH excluding ortho intramolecular Hbond substituents is 1. The highest BCUT2D eigenvalue weighted by Gasteiger charge is 2.44. The highest BCUT2D eigenvalue weighted by atomic mass is 16.7. The number of aryl methyl sites for hydroxylation is 1. The zero-order chi connectivity index (χ0) is 47.9. The summed E-state index contributed by atoms with van der Waals surface area (Å²) >= 11 is 0. The summed E-state index contributed by atoms with van der Waals surface area (Å²) in [6.45, 7) is 3.49. The molecule has 0 radical (unpaired) electrons. The molecule has 12 heteroatoms. The molecule has 6 atom stereocenters. The summed E-state index contributed by atoms with van der Waals surface area (Å²) in [5, 5.41) is 44.2. The minimum Gasteiger partial charge on any atom is -0.508 e. The number of benzene rings is 1. The van der Waals surface area contributed by atoms with Crippen LogP contribution in [0.5, 0.6) is 5.75 Å². The molecule has 0 spiro atoms. The number of ether oxygens (including phenoxy) is 4. The Balaban J connectivity index is 1.81. The van der Waals surface area contributed by atoms with E-state index in [-0.39, 0.29) is 50.7 Å². The van der Waals surface area contributed by atoms with Crippen molar-refractivity contribution in [3.8, 4) is 5.75 Å². The van der Waals surface area contributed by atoms with Gasteiger partial charge in [-0.1, -0.05) is 137 Å². The second kappa shape index (κ2) is 38.7. The van der Waals surface area contributed by atoms with Crippen LogP contribution in [-0.4, -0.2) is 94.8 Å². The maximum absolute atomic E-state index is 13.0. The van der Waals surface area contributed by atoms with Crippen molar-refractivity contribution in [3.05, 3.63) is 103 Å². The first kappa shape index (κ1) is 57.8. The maximum atomic E-state index is 13.0. The number of allylic oxidation sites excluding steroid dienone is 12. The van der Waals surface area contributed by atoms with E-state index in [1.165, 1.54) is 12.1 Å². The molecule has 1 fully saturated rings. The molecule has 0 aliphatic carbocycles. The molecule has 0 bridgehead atoms. The lowest BCUT2D eigenvalue weighted by molar-refractivity contribution is -0.299. The number of nitrogens with one attached hydrogen (secondary N) is 1. The minimum atomic E-state index is -1.65. The number of hydrogen-bond acceptors (Lipinski definition) is 11. The summed E-state index contributed by atoms with van der Waals surface area (Å²) in [7, 11) is 0. The largest absolute Gasteiger partial charge is 0.508 e. The van der Waals surface area contributed by atoms with E-state index in [0.29, 0.717) is 19.3 Å². The lowest BCUT2D eigenvalue weighted by Crippen LogP contribution is -2.60. The normalized spacial score (nSPS) is 19.6. The van der Waals surface area contributed by atoms with Crippen molar-refractivity contribution in [2.24, 2.45) is 0 Å². The summed E-state index contributed by atoms with van der Waals surface area (Å²) in [6, 6.07) is 6.51. The Hall–Kier alpha value is -4.33. The van der Waals surface area contributed by atoms with Crippen LogP contribution in [-0.2, 0) is 39.8 Å². The first-order valence-electron chi connectivity index (χ1n) is 24.7. The zero-order valence-electron chi connectivity index (χ0n) is 40.0. The van der Waals surface area contributed by atoms with E-state index in [1.807, 2.05) is 0 Å². The number of unbranched alkanes of at least 4 members (excludes halogenated alkanes) is 10. The molecule has 1 aliphatic heterocycles. The lowest BCUT2D eigenvalue weighted by atomic mass is 9.98. The summed E-state index contributed by atoms with van der Waals surface area (Å²) in [4.78, 5) is 38.3. The van der Waals surface area contributed by atoms with Crippen molar-refractivity contribution < 1.29 is 53.8 Å². The van der Waals surface area contributed by atoms with Crippen LogP contribution in [0, 0.1) is 0 Å². The van der Waals surface area contributed by atoms with Gasteiger partial charge < -0.3 is 44.7 Å². The Kier molecular flexibility index (Phi) is 33.9. The maximum Gasteiger partial charge on any atom is 0.306 e. The first-order chi connectivity index (χ1) is 32.1. The van der Waals surface area contributed by atoms with Crippen molar-refractivity contribution in [1.82, 2.24) is 5.32 Å². The second-order valence-corrected chi connectivity index (χ2v) is 16.8. The third-order valence-corrected chi connectivity index (χ3v) is 11.0. The first-order valence-corrected chi connectivity index (χ1v) is 24.7. The zero-order valence-corrected chi connectivity index (χ0v) is 40.0. The topological polar surface area (TPSA) is 181 Å². The molecule has 1 aromatic rings. The average Bonchev–Trinajstić information content (AvgIpc) is 3.31. The van der Waals surface area contributed by atoms with Gasteiger partial charge in [-0.3, -0.25) is 14.4 Å². The Morgan fingerprint density at radius 2 is 1.11 bits per heavy atom. The SMILES string of the molecule is CC/C=C\C/C=C\C/C=C\CCCCCCCC(=O)OC[C@H](CO[C@H]1O[C@H](CNC(=O)CCc2ccc(O)cc2)[C@@H](O)[C@H](O)[C@H]1O)OC(=O)CCCCCCC/C=C\C/C=C\C/C=C\CC. The molecule has 1 heterocycles. The number of carbonyl (C=O) groups excluding carboxylic acids is 3. The third kappa shape index (κ3) is 29.3. The predicted molar refractivity (Wildman–Crippen MR) is 261 cm³/mol. The number of esters is 2. The summed E-state index contributed by atoms with van der Waals surface area (Å²) in [5.74, 6) is -1.09. The van der Waals surface area contributed by atoms with E-state index >= 15 is 0 Å². The van der Waals surface area contributed by atoms with Crippen LogP contribution in [0.15, 0.2) is 97.2 Å². The van der Waals surface area contributed by atoms with Crippen LogP contribution in [0.4, 0.5) is 0 Å². The Morgan fingerprint density at radius 3 is 1.67 bits per heavy atom. The number of rotatable bonds is 37. The summed E-state index contributed by atoms with van der Waals surface area (Å²) < 4.78 is 22.8. The molecule has 0 saturated carbocycles. The fraction of sp³-hybridized carbons (Fsp3) is 0.611. The van der Waals surface area contributed by atoms with Gasteiger partial charge in [0.2, 0.25) is 5.91 Å². The van der Waals surface area contributed by atoms with Gasteiger partial charge in [-0.2, -0.15) is 0 Å². The van der Waals surface area contributed by atoms with Crippen LogP contribution in [0.3, 0.4) is 0 Å². The standard InChI is InChI=1S/C54H83NO11/c1-3-5-7-9-11-13-15-17-19-21-23-25-27-29-31-33-49(58)63-42-46(65-50(59)34-32-30-28-26-24-22-20-18-16-14-12-10-8-6-4-2)43-64-54-53(62)52(61)51(60)47(66-54)41-55-48(57)40-37-44-35-38-45(56)39-36-44/h5-8,11-14,17-20,35-36,38-39,46-47,51-54,56,60-62H,3-4,9-10,15-16,21-34,37,40-43H2,1-2H3,(H,55,57)/b7-5-,8-6-,13-11-,14-12-,19-17-,20-18-/t46-,47-,51-,52+,53-,54+/m1/s1. The molecular weight excluding hydrogens is 839 g/mol. The predicted octanol–water partition coefficient (Wildman–Crippen LogP) is 9.90. The van der Waals surface area contributed by atoms with Gasteiger partial charge in [-0.15, -0.1) is 0 Å². The molecule has 12 nitrogen and oxygen atoms in total. The lowest BCUT2D eigenvalue weighted by Gasteiger charge is -2.40. The van der Waals surface area contributed by atoms with Crippen molar-refractivity contribution in [3.63, 3.8) is 0 Å². The van der Waals surface area contributed by atoms with Crippen LogP contribution < -0.4 is 5.32 Å². The van der Waals surface area contributed by atoms with Gasteiger partial charge in [0.05, 0.1) is 6.61 Å². The smallest absolute Gasteiger partial charge is 0.306 e. The Morgan fingerprint density at radius 1 is 0.606 bits per heavy atom. The van der Waals surface area contributed by atoms with Crippen molar-refractivity contribution in [2.45, 2.75) is 192 Å². The van der Waals surface area contributed by atoms with Gasteiger partial charge in [-0.05, 0) is 101 Å². The third-order valence-electron chi connectivity index (χ3n) is 11.0. The number of hydrogen-bond donors (Lipinski definition) is 5. The van der Waals surface area contributed by atoms with E-state index in [2.05, 4.69) is 92.1 Å². The van der Waals surface area contributed by atoms with Crippen LogP contribution in [0.1, 0.15) is 154 Å². The van der Waals surface area contributed by atoms with Crippen molar-refractivity contribution in [2.75, 3.05) is 19.8 Å². The van der Waals surface area contributed by atoms with Crippen LogP contribution >= 0.6 is 0 Å². The average molecular weight is 922 g/mol. The Labute approximate surface area is 395 Å². The summed E-state index contributed by atoms with van der Waals surface area (Å²) in [6.07, 6.45) is 36.2.